The fourth-order valence-corrected chi connectivity index (χ4v) is 2.25. The quantitative estimate of drug-likeness (QED) is 0.595. The summed E-state index contributed by atoms with van der Waals surface area (Å²) in [7, 11) is 0. The molecule has 0 spiro atoms. The molecule has 1 aliphatic rings. The lowest BCUT2D eigenvalue weighted by atomic mass is 10.1. The SMILES string of the molecule is CCCCCCC1(Br)CNCCO1.N. The van der Waals surface area contributed by atoms with Gasteiger partial charge >= 0.3 is 0 Å². The minimum absolute atomic E-state index is 0. The van der Waals surface area contributed by atoms with E-state index in [0.29, 0.717) is 0 Å². The van der Waals surface area contributed by atoms with Crippen LogP contribution in [-0.4, -0.2) is 24.2 Å². The van der Waals surface area contributed by atoms with Crippen LogP contribution in [0, 0.1) is 0 Å². The summed E-state index contributed by atoms with van der Waals surface area (Å²) in [5.74, 6) is 0. The molecule has 4 heteroatoms. The number of halogens is 1. The van der Waals surface area contributed by atoms with Gasteiger partial charge in [-0.15, -0.1) is 0 Å². The standard InChI is InChI=1S/C10H20BrNO.H3N/c1-2-3-4-5-6-10(11)9-12-7-8-13-10;/h12H,2-9H2,1H3;1H3. The summed E-state index contributed by atoms with van der Waals surface area (Å²) in [4.78, 5) is 0. The van der Waals surface area contributed by atoms with E-state index in [9.17, 15) is 0 Å². The predicted octanol–water partition coefficient (Wildman–Crippen LogP) is 2.83. The van der Waals surface area contributed by atoms with E-state index in [1.807, 2.05) is 0 Å². The number of rotatable bonds is 5. The topological polar surface area (TPSA) is 56.3 Å². The van der Waals surface area contributed by atoms with Crippen LogP contribution in [-0.2, 0) is 4.74 Å². The number of hydrogen-bond donors (Lipinski definition) is 2. The minimum atomic E-state index is -0.0704. The molecule has 1 heterocycles. The van der Waals surface area contributed by atoms with Crippen molar-refractivity contribution >= 4 is 15.9 Å². The van der Waals surface area contributed by atoms with Crippen molar-refractivity contribution in [2.24, 2.45) is 0 Å². The fraction of sp³-hybridized carbons (Fsp3) is 1.00. The number of ether oxygens (including phenoxy) is 1. The molecule has 1 unspecified atom stereocenters. The number of unbranched alkanes of at least 4 members (excludes halogenated alkanes) is 3. The third-order valence-electron chi connectivity index (χ3n) is 2.43. The molecule has 3 nitrogen and oxygen atoms in total. The Balaban J connectivity index is 0.00000169. The molecule has 14 heavy (non-hydrogen) atoms. The highest BCUT2D eigenvalue weighted by Gasteiger charge is 2.28. The summed E-state index contributed by atoms with van der Waals surface area (Å²) in [6.45, 7) is 5.00. The van der Waals surface area contributed by atoms with Gasteiger partial charge in [0.05, 0.1) is 6.61 Å². The molecule has 86 valence electrons. The Bertz CT molecular complexity index is 138. The van der Waals surface area contributed by atoms with Gasteiger partial charge in [-0.2, -0.15) is 0 Å². The molecule has 0 aromatic heterocycles. The first-order chi connectivity index (χ1) is 6.27. The average molecular weight is 267 g/mol. The maximum Gasteiger partial charge on any atom is 0.135 e. The fourth-order valence-electron chi connectivity index (χ4n) is 1.61. The lowest BCUT2D eigenvalue weighted by Crippen LogP contribution is -2.45. The van der Waals surface area contributed by atoms with Crippen LogP contribution in [0.4, 0.5) is 0 Å². The highest BCUT2D eigenvalue weighted by molar-refractivity contribution is 9.10. The molecule has 0 saturated carbocycles. The summed E-state index contributed by atoms with van der Waals surface area (Å²) >= 11 is 3.66. The molecule has 4 N–H and O–H groups in total. The second-order valence-electron chi connectivity index (χ2n) is 3.72. The lowest BCUT2D eigenvalue weighted by Gasteiger charge is -2.32. The van der Waals surface area contributed by atoms with Crippen molar-refractivity contribution in [3.63, 3.8) is 0 Å². The highest BCUT2D eigenvalue weighted by Crippen LogP contribution is 2.27. The maximum absolute atomic E-state index is 5.70. The lowest BCUT2D eigenvalue weighted by molar-refractivity contribution is 0.000793. The maximum atomic E-state index is 5.70. The zero-order chi connectivity index (χ0) is 9.57. The van der Waals surface area contributed by atoms with E-state index in [0.717, 1.165) is 26.1 Å². The van der Waals surface area contributed by atoms with Gasteiger partial charge in [-0.1, -0.05) is 42.1 Å². The van der Waals surface area contributed by atoms with E-state index in [2.05, 4.69) is 28.2 Å². The average Bonchev–Trinajstić information content (AvgIpc) is 2.14. The van der Waals surface area contributed by atoms with E-state index >= 15 is 0 Å². The van der Waals surface area contributed by atoms with Gasteiger partial charge in [-0.25, -0.2) is 0 Å². The summed E-state index contributed by atoms with van der Waals surface area (Å²) in [6, 6.07) is 0. The third kappa shape index (κ3) is 5.29. The molecule has 0 aliphatic carbocycles. The van der Waals surface area contributed by atoms with E-state index in [-0.39, 0.29) is 10.7 Å². The Morgan fingerprint density at radius 1 is 1.36 bits per heavy atom. The number of nitrogens with one attached hydrogen (secondary N) is 1. The second-order valence-corrected chi connectivity index (χ2v) is 5.16. The zero-order valence-electron chi connectivity index (χ0n) is 9.15. The van der Waals surface area contributed by atoms with Gasteiger partial charge in [0.1, 0.15) is 4.51 Å². The van der Waals surface area contributed by atoms with Gasteiger partial charge in [0.25, 0.3) is 0 Å². The summed E-state index contributed by atoms with van der Waals surface area (Å²) in [6.07, 6.45) is 6.36. The van der Waals surface area contributed by atoms with Crippen molar-refractivity contribution in [3.05, 3.63) is 0 Å². The zero-order valence-corrected chi connectivity index (χ0v) is 10.7. The molecule has 1 atom stereocenters. The molecule has 1 rings (SSSR count). The van der Waals surface area contributed by atoms with Crippen LogP contribution in [0.1, 0.15) is 39.0 Å². The summed E-state index contributed by atoms with van der Waals surface area (Å²) in [5, 5.41) is 3.34. The minimum Gasteiger partial charge on any atom is -0.361 e. The van der Waals surface area contributed by atoms with Gasteiger partial charge < -0.3 is 16.2 Å². The largest absolute Gasteiger partial charge is 0.361 e. The molecular weight excluding hydrogens is 244 g/mol. The van der Waals surface area contributed by atoms with Gasteiger partial charge in [0, 0.05) is 13.1 Å². The molecular formula is C10H23BrN2O. The third-order valence-corrected chi connectivity index (χ3v) is 3.34. The van der Waals surface area contributed by atoms with E-state index in [4.69, 9.17) is 4.74 Å². The monoisotopic (exact) mass is 266 g/mol. The van der Waals surface area contributed by atoms with Crippen LogP contribution in [0.2, 0.25) is 0 Å². The molecule has 0 aromatic carbocycles. The molecule has 1 aliphatic heterocycles. The van der Waals surface area contributed by atoms with Crippen LogP contribution >= 0.6 is 15.9 Å². The van der Waals surface area contributed by atoms with Gasteiger partial charge in [0.15, 0.2) is 0 Å². The summed E-state index contributed by atoms with van der Waals surface area (Å²) < 4.78 is 5.63. The number of morpholine rings is 1. The van der Waals surface area contributed by atoms with Crippen molar-refractivity contribution in [2.45, 2.75) is 43.5 Å². The molecule has 0 bridgehead atoms. The summed E-state index contributed by atoms with van der Waals surface area (Å²) in [5.41, 5.74) is 0. The Hall–Kier alpha value is 0.360. The van der Waals surface area contributed by atoms with Crippen LogP contribution in [0.15, 0.2) is 0 Å². The van der Waals surface area contributed by atoms with Crippen LogP contribution in [0.3, 0.4) is 0 Å². The molecule has 0 amide bonds. The first-order valence-electron chi connectivity index (χ1n) is 5.30. The second kappa shape index (κ2) is 7.63. The van der Waals surface area contributed by atoms with E-state index < -0.39 is 0 Å². The van der Waals surface area contributed by atoms with E-state index in [1.165, 1.54) is 25.7 Å². The van der Waals surface area contributed by atoms with Crippen molar-refractivity contribution in [1.29, 1.82) is 0 Å². The molecule has 1 fully saturated rings. The number of alkyl halides is 1. The predicted molar refractivity (Wildman–Crippen MR) is 64.3 cm³/mol. The van der Waals surface area contributed by atoms with Gasteiger partial charge in [-0.05, 0) is 12.8 Å². The van der Waals surface area contributed by atoms with Crippen LogP contribution < -0.4 is 11.5 Å². The Morgan fingerprint density at radius 2 is 2.14 bits per heavy atom. The van der Waals surface area contributed by atoms with E-state index in [1.54, 1.807) is 0 Å². The first kappa shape index (κ1) is 14.4. The molecule has 0 aromatic rings. The van der Waals surface area contributed by atoms with Crippen molar-refractivity contribution in [2.75, 3.05) is 19.7 Å². The number of hydrogen-bond acceptors (Lipinski definition) is 3. The Kier molecular flexibility index (Phi) is 7.82. The molecule has 1 saturated heterocycles. The van der Waals surface area contributed by atoms with Crippen LogP contribution in [0.25, 0.3) is 0 Å². The smallest absolute Gasteiger partial charge is 0.135 e. The van der Waals surface area contributed by atoms with Gasteiger partial charge in [0.2, 0.25) is 0 Å². The van der Waals surface area contributed by atoms with Crippen molar-refractivity contribution in [1.82, 2.24) is 11.5 Å². The van der Waals surface area contributed by atoms with Crippen LogP contribution in [0.5, 0.6) is 0 Å². The molecule has 0 radical (unpaired) electrons. The van der Waals surface area contributed by atoms with Crippen molar-refractivity contribution < 1.29 is 4.74 Å². The van der Waals surface area contributed by atoms with Gasteiger partial charge in [-0.3, -0.25) is 0 Å². The Labute approximate surface area is 95.7 Å². The Morgan fingerprint density at radius 3 is 2.71 bits per heavy atom. The van der Waals surface area contributed by atoms with Crippen molar-refractivity contribution in [3.8, 4) is 0 Å². The normalized spacial score (nSPS) is 27.0. The highest BCUT2D eigenvalue weighted by atomic mass is 79.9. The first-order valence-corrected chi connectivity index (χ1v) is 6.10.